The van der Waals surface area contributed by atoms with Crippen molar-refractivity contribution >= 4 is 103 Å². The number of aromatic carboxylic acids is 1. The summed E-state index contributed by atoms with van der Waals surface area (Å²) in [6.45, 7) is 3.71. The summed E-state index contributed by atoms with van der Waals surface area (Å²) < 4.78 is 1.00. The van der Waals surface area contributed by atoms with Crippen LogP contribution in [0.2, 0.25) is 0 Å². The molecule has 23 heavy (non-hydrogen) atoms. The van der Waals surface area contributed by atoms with Crippen LogP contribution in [-0.4, -0.2) is 28.8 Å². The predicted molar refractivity (Wildman–Crippen MR) is 110 cm³/mol. The molecule has 0 aliphatic carbocycles. The molecule has 0 saturated carbocycles. The van der Waals surface area contributed by atoms with E-state index in [4.69, 9.17) is 0 Å². The van der Waals surface area contributed by atoms with Crippen LogP contribution >= 0.6 is 67.8 Å². The topological polar surface area (TPSA) is 104 Å². The Morgan fingerprint density at radius 1 is 0.913 bits per heavy atom. The largest absolute Gasteiger partial charge is 0.478 e. The normalized spacial score (nSPS) is 10.2. The van der Waals surface area contributed by atoms with Gasteiger partial charge in [-0.2, -0.15) is 0 Å². The van der Waals surface area contributed by atoms with E-state index in [0.29, 0.717) is 7.14 Å². The third-order valence-electron chi connectivity index (χ3n) is 2.66. The Morgan fingerprint density at radius 2 is 1.39 bits per heavy atom. The number of carboxylic acid groups (broad SMARTS) is 1. The quantitative estimate of drug-likeness (QED) is 0.488. The van der Waals surface area contributed by atoms with Gasteiger partial charge in [0.25, 0.3) is 0 Å². The van der Waals surface area contributed by atoms with E-state index in [1.807, 2.05) is 45.2 Å². The van der Waals surface area contributed by atoms with Gasteiger partial charge >= 0.3 is 5.97 Å². The summed E-state index contributed by atoms with van der Waals surface area (Å²) in [5.74, 6) is -2.68. The van der Waals surface area contributed by atoms with Crippen LogP contribution in [0.25, 0.3) is 0 Å². The monoisotopic (exact) mass is 656 g/mol. The molecule has 0 unspecified atom stereocenters. The average molecular weight is 656 g/mol. The van der Waals surface area contributed by atoms with Crippen molar-refractivity contribution in [3.63, 3.8) is 0 Å². The highest BCUT2D eigenvalue weighted by Crippen LogP contribution is 2.40. The number of halogens is 3. The van der Waals surface area contributed by atoms with Gasteiger partial charge in [-0.25, -0.2) is 9.69 Å². The summed E-state index contributed by atoms with van der Waals surface area (Å²) in [6.07, 6.45) is 0. The second-order valence-electron chi connectivity index (χ2n) is 4.40. The van der Waals surface area contributed by atoms with Gasteiger partial charge in [0.1, 0.15) is 0 Å². The van der Waals surface area contributed by atoms with Crippen LogP contribution in [0.5, 0.6) is 0 Å². The molecule has 2 N–H and O–H groups in total. The van der Waals surface area contributed by atoms with E-state index in [2.05, 4.69) is 5.32 Å². The van der Waals surface area contributed by atoms with Crippen molar-refractivity contribution in [3.8, 4) is 0 Å². The Kier molecular flexibility index (Phi) is 7.18. The molecule has 124 valence electrons. The molecule has 1 rings (SSSR count). The molecule has 0 aliphatic heterocycles. The molecule has 0 fully saturated rings. The van der Waals surface area contributed by atoms with E-state index in [9.17, 15) is 24.3 Å². The van der Waals surface area contributed by atoms with E-state index in [1.54, 1.807) is 22.6 Å². The first-order chi connectivity index (χ1) is 10.5. The lowest BCUT2D eigenvalue weighted by atomic mass is 10.1. The number of anilines is 2. The standard InChI is InChI=1S/C13H11I3N2O5/c1-4(19)17-11-8(14)7(13(22)23)9(15)12(10(11)16)18(5(2)20)6(3)21/h1-3H3,(H,17,19)(H,22,23). The number of rotatable bonds is 3. The Hall–Kier alpha value is -0.510. The molecule has 0 heterocycles. The summed E-state index contributed by atoms with van der Waals surface area (Å²) in [4.78, 5) is 47.6. The molecular weight excluding hydrogens is 645 g/mol. The first-order valence-corrected chi connectivity index (χ1v) is 9.26. The fourth-order valence-corrected chi connectivity index (χ4v) is 6.24. The molecule has 1 aromatic carbocycles. The average Bonchev–Trinajstić information content (AvgIpc) is 2.37. The van der Waals surface area contributed by atoms with Crippen molar-refractivity contribution in [1.29, 1.82) is 0 Å². The van der Waals surface area contributed by atoms with E-state index in [-0.39, 0.29) is 26.4 Å². The minimum absolute atomic E-state index is 0.0714. The van der Waals surface area contributed by atoms with Gasteiger partial charge in [0, 0.05) is 20.8 Å². The first kappa shape index (κ1) is 20.5. The van der Waals surface area contributed by atoms with Crippen molar-refractivity contribution in [2.75, 3.05) is 10.2 Å². The number of carbonyl (C=O) groups is 4. The second-order valence-corrected chi connectivity index (χ2v) is 7.64. The molecule has 3 amide bonds. The van der Waals surface area contributed by atoms with Crippen LogP contribution < -0.4 is 10.2 Å². The Bertz CT molecular complexity index is 719. The third kappa shape index (κ3) is 4.32. The number of hydrogen-bond donors (Lipinski definition) is 2. The minimum Gasteiger partial charge on any atom is -0.478 e. The van der Waals surface area contributed by atoms with Crippen molar-refractivity contribution in [3.05, 3.63) is 16.3 Å². The number of benzene rings is 1. The van der Waals surface area contributed by atoms with Crippen LogP contribution in [0, 0.1) is 10.7 Å². The van der Waals surface area contributed by atoms with Gasteiger partial charge in [-0.15, -0.1) is 0 Å². The number of imide groups is 1. The van der Waals surface area contributed by atoms with E-state index in [0.717, 1.165) is 4.90 Å². The molecule has 0 bridgehead atoms. The van der Waals surface area contributed by atoms with Gasteiger partial charge in [-0.3, -0.25) is 14.4 Å². The van der Waals surface area contributed by atoms with Gasteiger partial charge < -0.3 is 10.4 Å². The van der Waals surface area contributed by atoms with Gasteiger partial charge in [0.15, 0.2) is 0 Å². The lowest BCUT2D eigenvalue weighted by Crippen LogP contribution is -2.35. The highest BCUT2D eigenvalue weighted by atomic mass is 127. The molecule has 0 saturated heterocycles. The number of nitrogens with zero attached hydrogens (tertiary/aromatic N) is 1. The molecule has 1 aromatic rings. The summed E-state index contributed by atoms with van der Waals surface area (Å²) in [5.41, 5.74) is 0.352. The van der Waals surface area contributed by atoms with Crippen LogP contribution in [0.15, 0.2) is 0 Å². The van der Waals surface area contributed by atoms with E-state index >= 15 is 0 Å². The number of nitrogens with one attached hydrogen (secondary N) is 1. The van der Waals surface area contributed by atoms with Gasteiger partial charge in [0.05, 0.1) is 27.6 Å². The van der Waals surface area contributed by atoms with Gasteiger partial charge in [-0.05, 0) is 67.8 Å². The van der Waals surface area contributed by atoms with Gasteiger partial charge in [0.2, 0.25) is 17.7 Å². The first-order valence-electron chi connectivity index (χ1n) is 6.03. The number of carbonyl (C=O) groups excluding carboxylic acids is 3. The van der Waals surface area contributed by atoms with Crippen LogP contribution in [-0.2, 0) is 14.4 Å². The maximum atomic E-state index is 11.9. The molecule has 0 atom stereocenters. The summed E-state index contributed by atoms with van der Waals surface area (Å²) in [7, 11) is 0. The van der Waals surface area contributed by atoms with Gasteiger partial charge in [-0.1, -0.05) is 0 Å². The maximum absolute atomic E-state index is 11.9. The SMILES string of the molecule is CC(=O)Nc1c(I)c(C(=O)O)c(I)c(N(C(C)=O)C(C)=O)c1I. The zero-order chi connectivity index (χ0) is 18.1. The summed E-state index contributed by atoms with van der Waals surface area (Å²) >= 11 is 5.50. The van der Waals surface area contributed by atoms with Crippen molar-refractivity contribution < 1.29 is 24.3 Å². The number of hydrogen-bond acceptors (Lipinski definition) is 4. The minimum atomic E-state index is -1.21. The number of carboxylic acids is 1. The molecule has 10 heteroatoms. The molecule has 0 aliphatic rings. The van der Waals surface area contributed by atoms with Crippen LogP contribution in [0.1, 0.15) is 31.1 Å². The fourth-order valence-electron chi connectivity index (χ4n) is 1.86. The second kappa shape index (κ2) is 8.04. The Balaban J connectivity index is 3.92. The molecule has 7 nitrogen and oxygen atoms in total. The van der Waals surface area contributed by atoms with Crippen molar-refractivity contribution in [2.24, 2.45) is 0 Å². The number of amides is 3. The van der Waals surface area contributed by atoms with Crippen molar-refractivity contribution in [2.45, 2.75) is 20.8 Å². The predicted octanol–water partition coefficient (Wildman–Crippen LogP) is 3.06. The lowest BCUT2D eigenvalue weighted by molar-refractivity contribution is -0.124. The zero-order valence-electron chi connectivity index (χ0n) is 12.2. The fraction of sp³-hybridized carbons (Fsp3) is 0.231. The van der Waals surface area contributed by atoms with E-state index < -0.39 is 17.8 Å². The molecule has 0 radical (unpaired) electrons. The van der Waals surface area contributed by atoms with Crippen LogP contribution in [0.3, 0.4) is 0 Å². The zero-order valence-corrected chi connectivity index (χ0v) is 18.6. The lowest BCUT2D eigenvalue weighted by Gasteiger charge is -2.24. The maximum Gasteiger partial charge on any atom is 0.338 e. The van der Waals surface area contributed by atoms with Crippen molar-refractivity contribution in [1.82, 2.24) is 0 Å². The highest BCUT2D eigenvalue weighted by molar-refractivity contribution is 14.1. The third-order valence-corrected chi connectivity index (χ3v) is 5.84. The molecule has 0 aromatic heterocycles. The molecule has 0 spiro atoms. The smallest absolute Gasteiger partial charge is 0.338 e. The summed E-state index contributed by atoms with van der Waals surface area (Å²) in [6, 6.07) is 0. The Morgan fingerprint density at radius 3 is 1.74 bits per heavy atom. The van der Waals surface area contributed by atoms with E-state index in [1.165, 1.54) is 20.8 Å². The summed E-state index contributed by atoms with van der Waals surface area (Å²) in [5, 5.41) is 12.0. The highest BCUT2D eigenvalue weighted by Gasteiger charge is 2.30. The Labute approximate surface area is 173 Å². The molecular formula is C13H11I3N2O5. The van der Waals surface area contributed by atoms with Crippen LogP contribution in [0.4, 0.5) is 11.4 Å².